The van der Waals surface area contributed by atoms with Gasteiger partial charge in [0.2, 0.25) is 0 Å². The molecule has 2 atom stereocenters. The lowest BCUT2D eigenvalue weighted by molar-refractivity contribution is -0.0585. The number of hydrogen-bond acceptors (Lipinski definition) is 4. The summed E-state index contributed by atoms with van der Waals surface area (Å²) < 4.78 is 7.75. The number of hydrogen-bond donors (Lipinski definition) is 0. The summed E-state index contributed by atoms with van der Waals surface area (Å²) in [6.45, 7) is 7.28. The van der Waals surface area contributed by atoms with Crippen molar-refractivity contribution in [2.24, 2.45) is 0 Å². The molecule has 0 saturated carbocycles. The van der Waals surface area contributed by atoms with Crippen LogP contribution in [0.4, 0.5) is 0 Å². The second-order valence-electron chi connectivity index (χ2n) is 6.63. The fourth-order valence-corrected chi connectivity index (χ4v) is 4.46. The Bertz CT molecular complexity index is 906. The summed E-state index contributed by atoms with van der Waals surface area (Å²) in [4.78, 5) is 21.2. The zero-order valence-electron chi connectivity index (χ0n) is 14.6. The van der Waals surface area contributed by atoms with Crippen LogP contribution in [0.3, 0.4) is 0 Å². The first-order chi connectivity index (χ1) is 12.0. The van der Waals surface area contributed by atoms with E-state index in [2.05, 4.69) is 0 Å². The predicted molar refractivity (Wildman–Crippen MR) is 99.2 cm³/mol. The minimum absolute atomic E-state index is 0.0711. The van der Waals surface area contributed by atoms with Crippen LogP contribution in [0.1, 0.15) is 29.2 Å². The lowest BCUT2D eigenvalue weighted by atomic mass is 10.2. The first-order valence-corrected chi connectivity index (χ1v) is 9.33. The van der Waals surface area contributed by atoms with Crippen LogP contribution in [0.15, 0.2) is 36.5 Å². The molecular formula is C19H21N3O2S. The van der Waals surface area contributed by atoms with E-state index in [1.54, 1.807) is 0 Å². The molecule has 1 aliphatic heterocycles. The van der Waals surface area contributed by atoms with E-state index in [-0.39, 0.29) is 18.1 Å². The standard InChI is InChI=1S/C19H21N3O2S/c1-12-9-21(10-13(2)24-12)18(23)17-14(3)22-11-16(20-19(22)25-17)15-7-5-4-6-8-15/h4-8,11-13H,9-10H2,1-3H3/t12-,13+. The minimum Gasteiger partial charge on any atom is -0.372 e. The Morgan fingerprint density at radius 1 is 1.20 bits per heavy atom. The number of carbonyl (C=O) groups is 1. The van der Waals surface area contributed by atoms with Crippen LogP contribution in [-0.4, -0.2) is 45.5 Å². The van der Waals surface area contributed by atoms with E-state index in [0.717, 1.165) is 26.8 Å². The van der Waals surface area contributed by atoms with Gasteiger partial charge in [0.05, 0.1) is 17.9 Å². The van der Waals surface area contributed by atoms with E-state index >= 15 is 0 Å². The van der Waals surface area contributed by atoms with Crippen LogP contribution in [0.5, 0.6) is 0 Å². The molecular weight excluding hydrogens is 334 g/mol. The van der Waals surface area contributed by atoms with Crippen LogP contribution >= 0.6 is 11.3 Å². The maximum atomic E-state index is 13.0. The lowest BCUT2D eigenvalue weighted by Gasteiger charge is -2.35. The number of benzene rings is 1. The van der Waals surface area contributed by atoms with Crippen molar-refractivity contribution in [2.45, 2.75) is 33.0 Å². The highest BCUT2D eigenvalue weighted by atomic mass is 32.1. The van der Waals surface area contributed by atoms with Crippen molar-refractivity contribution in [1.29, 1.82) is 0 Å². The van der Waals surface area contributed by atoms with E-state index in [0.29, 0.717) is 13.1 Å². The third-order valence-corrected chi connectivity index (χ3v) is 5.67. The number of aryl methyl sites for hydroxylation is 1. The van der Waals surface area contributed by atoms with Crippen LogP contribution in [0.25, 0.3) is 16.2 Å². The molecule has 0 N–H and O–H groups in total. The maximum absolute atomic E-state index is 13.0. The molecule has 3 aromatic rings. The molecule has 1 aromatic carbocycles. The fraction of sp³-hybridized carbons (Fsp3) is 0.368. The summed E-state index contributed by atoms with van der Waals surface area (Å²) in [7, 11) is 0. The molecule has 3 heterocycles. The zero-order valence-corrected chi connectivity index (χ0v) is 15.4. The van der Waals surface area contributed by atoms with Crippen molar-refractivity contribution in [2.75, 3.05) is 13.1 Å². The average Bonchev–Trinajstić information content (AvgIpc) is 3.14. The van der Waals surface area contributed by atoms with Crippen LogP contribution in [0, 0.1) is 6.92 Å². The Kier molecular flexibility index (Phi) is 4.09. The molecule has 6 heteroatoms. The van der Waals surface area contributed by atoms with E-state index in [1.165, 1.54) is 11.3 Å². The van der Waals surface area contributed by atoms with Gasteiger partial charge in [-0.2, -0.15) is 0 Å². The number of fused-ring (bicyclic) bond motifs is 1. The SMILES string of the molecule is Cc1c(C(=O)N2C[C@@H](C)O[C@@H](C)C2)sc2nc(-c3ccccc3)cn12. The van der Waals surface area contributed by atoms with E-state index < -0.39 is 0 Å². The van der Waals surface area contributed by atoms with Crippen molar-refractivity contribution in [3.8, 4) is 11.3 Å². The van der Waals surface area contributed by atoms with Gasteiger partial charge in [0.15, 0.2) is 4.96 Å². The first kappa shape index (κ1) is 16.3. The quantitative estimate of drug-likeness (QED) is 0.705. The van der Waals surface area contributed by atoms with Gasteiger partial charge in [-0.25, -0.2) is 4.98 Å². The van der Waals surface area contributed by atoms with Crippen LogP contribution in [0.2, 0.25) is 0 Å². The normalized spacial score (nSPS) is 21.0. The van der Waals surface area contributed by atoms with Crippen molar-refractivity contribution in [3.05, 3.63) is 47.1 Å². The number of nitrogens with zero attached hydrogens (tertiary/aromatic N) is 3. The summed E-state index contributed by atoms with van der Waals surface area (Å²) in [5.74, 6) is 0.0799. The van der Waals surface area contributed by atoms with Crippen molar-refractivity contribution in [1.82, 2.24) is 14.3 Å². The molecule has 1 aliphatic rings. The Morgan fingerprint density at radius 2 is 1.88 bits per heavy atom. The van der Waals surface area contributed by atoms with Crippen molar-refractivity contribution >= 4 is 22.2 Å². The van der Waals surface area contributed by atoms with Gasteiger partial charge in [-0.05, 0) is 20.8 Å². The molecule has 5 nitrogen and oxygen atoms in total. The number of thiazole rings is 1. The second kappa shape index (κ2) is 6.28. The van der Waals surface area contributed by atoms with Gasteiger partial charge in [-0.1, -0.05) is 41.7 Å². The smallest absolute Gasteiger partial charge is 0.266 e. The summed E-state index contributed by atoms with van der Waals surface area (Å²) in [5, 5.41) is 0. The minimum atomic E-state index is 0.0711. The van der Waals surface area contributed by atoms with Gasteiger partial charge in [-0.15, -0.1) is 0 Å². The number of aromatic nitrogens is 2. The van der Waals surface area contributed by atoms with Gasteiger partial charge in [0, 0.05) is 30.5 Å². The van der Waals surface area contributed by atoms with E-state index in [4.69, 9.17) is 9.72 Å². The Hall–Kier alpha value is -2.18. The first-order valence-electron chi connectivity index (χ1n) is 8.51. The lowest BCUT2D eigenvalue weighted by Crippen LogP contribution is -2.48. The van der Waals surface area contributed by atoms with Crippen molar-refractivity contribution in [3.63, 3.8) is 0 Å². The maximum Gasteiger partial charge on any atom is 0.266 e. The molecule has 25 heavy (non-hydrogen) atoms. The summed E-state index contributed by atoms with van der Waals surface area (Å²) in [6.07, 6.45) is 2.15. The molecule has 0 spiro atoms. The molecule has 0 aliphatic carbocycles. The summed E-state index contributed by atoms with van der Waals surface area (Å²) >= 11 is 1.46. The topological polar surface area (TPSA) is 46.8 Å². The highest BCUT2D eigenvalue weighted by Crippen LogP contribution is 2.28. The molecule has 1 fully saturated rings. The zero-order chi connectivity index (χ0) is 17.6. The van der Waals surface area contributed by atoms with Gasteiger partial charge < -0.3 is 9.64 Å². The number of imidazole rings is 1. The molecule has 0 bridgehead atoms. The van der Waals surface area contributed by atoms with E-state index in [9.17, 15) is 4.79 Å². The summed E-state index contributed by atoms with van der Waals surface area (Å²) in [5.41, 5.74) is 2.97. The largest absolute Gasteiger partial charge is 0.372 e. The molecule has 4 rings (SSSR count). The van der Waals surface area contributed by atoms with Crippen LogP contribution < -0.4 is 0 Å². The van der Waals surface area contributed by atoms with Gasteiger partial charge in [0.1, 0.15) is 4.88 Å². The van der Waals surface area contributed by atoms with Crippen molar-refractivity contribution < 1.29 is 9.53 Å². The number of ether oxygens (including phenoxy) is 1. The van der Waals surface area contributed by atoms with E-state index in [1.807, 2.05) is 66.6 Å². The fourth-order valence-electron chi connectivity index (χ4n) is 3.38. The number of morpholine rings is 1. The van der Waals surface area contributed by atoms with Gasteiger partial charge >= 0.3 is 0 Å². The Labute approximate surface area is 150 Å². The third kappa shape index (κ3) is 2.96. The molecule has 0 radical (unpaired) electrons. The molecule has 1 amide bonds. The predicted octanol–water partition coefficient (Wildman–Crippen LogP) is 3.62. The van der Waals surface area contributed by atoms with Gasteiger partial charge in [0.25, 0.3) is 5.91 Å². The molecule has 1 saturated heterocycles. The third-order valence-electron chi connectivity index (χ3n) is 4.53. The average molecular weight is 355 g/mol. The molecule has 130 valence electrons. The highest BCUT2D eigenvalue weighted by Gasteiger charge is 2.29. The monoisotopic (exact) mass is 355 g/mol. The Morgan fingerprint density at radius 3 is 2.52 bits per heavy atom. The molecule has 0 unspecified atom stereocenters. The molecule has 2 aromatic heterocycles. The number of carbonyl (C=O) groups excluding carboxylic acids is 1. The highest BCUT2D eigenvalue weighted by molar-refractivity contribution is 7.19. The van der Waals surface area contributed by atoms with Gasteiger partial charge in [-0.3, -0.25) is 9.20 Å². The Balaban J connectivity index is 1.66. The van der Waals surface area contributed by atoms with Crippen LogP contribution in [-0.2, 0) is 4.74 Å². The number of rotatable bonds is 2. The summed E-state index contributed by atoms with van der Waals surface area (Å²) in [6, 6.07) is 10.1. The second-order valence-corrected chi connectivity index (χ2v) is 7.61. The number of amides is 1.